The van der Waals surface area contributed by atoms with E-state index in [1.165, 1.54) is 11.1 Å². The number of ether oxygens (including phenoxy) is 1. The van der Waals surface area contributed by atoms with E-state index in [-0.39, 0.29) is 28.7 Å². The van der Waals surface area contributed by atoms with E-state index in [4.69, 9.17) is 4.74 Å². The van der Waals surface area contributed by atoms with E-state index in [9.17, 15) is 4.79 Å². The second-order valence-corrected chi connectivity index (χ2v) is 6.83. The molecule has 0 fully saturated rings. The zero-order chi connectivity index (χ0) is 17.9. The molecule has 1 aromatic heterocycles. The molecule has 0 saturated carbocycles. The number of ketones is 1. The summed E-state index contributed by atoms with van der Waals surface area (Å²) in [5.74, 6) is 0.911. The normalized spacial score (nSPS) is 15.1. The maximum absolute atomic E-state index is 12.8. The van der Waals surface area contributed by atoms with Crippen molar-refractivity contribution in [2.24, 2.45) is 5.92 Å². The average Bonchev–Trinajstić information content (AvgIpc) is 3.00. The lowest BCUT2D eigenvalue weighted by Crippen LogP contribution is -3.00. The molecule has 0 N–H and O–H groups in total. The summed E-state index contributed by atoms with van der Waals surface area (Å²) in [5, 5.41) is 0. The fraction of sp³-hybridized carbons (Fsp3) is 0.217. The molecule has 1 aliphatic carbocycles. The SMILES string of the molecule is COc1cccc2c1C(=O)C(Cc1cc[n+](Cc3ccccc3)cc1)C2.[Br-]. The minimum Gasteiger partial charge on any atom is -1.00 e. The second-order valence-electron chi connectivity index (χ2n) is 6.83. The van der Waals surface area contributed by atoms with Crippen LogP contribution in [0, 0.1) is 5.92 Å². The predicted molar refractivity (Wildman–Crippen MR) is 100 cm³/mol. The molecule has 1 atom stereocenters. The number of halogens is 1. The molecule has 3 nitrogen and oxygen atoms in total. The molecule has 4 heteroatoms. The quantitative estimate of drug-likeness (QED) is 0.563. The van der Waals surface area contributed by atoms with Gasteiger partial charge in [-0.2, -0.15) is 0 Å². The van der Waals surface area contributed by atoms with E-state index in [0.29, 0.717) is 5.75 Å². The van der Waals surface area contributed by atoms with Gasteiger partial charge in [0.15, 0.2) is 24.7 Å². The van der Waals surface area contributed by atoms with Gasteiger partial charge in [0.2, 0.25) is 0 Å². The molecule has 138 valence electrons. The molecule has 1 heterocycles. The van der Waals surface area contributed by atoms with Gasteiger partial charge >= 0.3 is 0 Å². The van der Waals surface area contributed by atoms with Crippen LogP contribution < -0.4 is 26.3 Å². The van der Waals surface area contributed by atoms with Gasteiger partial charge in [-0.15, -0.1) is 0 Å². The Kier molecular flexibility index (Phi) is 6.07. The Hall–Kier alpha value is -2.46. The maximum atomic E-state index is 12.8. The van der Waals surface area contributed by atoms with Gasteiger partial charge in [0, 0.05) is 23.6 Å². The van der Waals surface area contributed by atoms with Gasteiger partial charge < -0.3 is 21.7 Å². The van der Waals surface area contributed by atoms with Crippen molar-refractivity contribution in [1.82, 2.24) is 0 Å². The zero-order valence-corrected chi connectivity index (χ0v) is 16.9. The molecule has 2 aromatic carbocycles. The highest BCUT2D eigenvalue weighted by Gasteiger charge is 2.33. The monoisotopic (exact) mass is 423 g/mol. The van der Waals surface area contributed by atoms with Crippen molar-refractivity contribution >= 4 is 5.78 Å². The molecular formula is C23H22BrNO2. The lowest BCUT2D eigenvalue weighted by Gasteiger charge is -2.08. The van der Waals surface area contributed by atoms with E-state index in [1.54, 1.807) is 7.11 Å². The number of nitrogens with zero attached hydrogens (tertiary/aromatic N) is 1. The summed E-state index contributed by atoms with van der Waals surface area (Å²) >= 11 is 0. The van der Waals surface area contributed by atoms with E-state index >= 15 is 0 Å². The molecule has 0 spiro atoms. The number of methoxy groups -OCH3 is 1. The van der Waals surface area contributed by atoms with E-state index in [0.717, 1.165) is 30.5 Å². The first-order chi connectivity index (χ1) is 12.7. The van der Waals surface area contributed by atoms with Gasteiger partial charge in [-0.3, -0.25) is 4.79 Å². The lowest BCUT2D eigenvalue weighted by molar-refractivity contribution is -0.688. The fourth-order valence-electron chi connectivity index (χ4n) is 3.73. The standard InChI is InChI=1S/C23H22NO2.BrH/c1-26-21-9-5-8-19-15-20(23(25)22(19)21)14-17-10-12-24(13-11-17)16-18-6-3-2-4-7-18;/h2-13,20H,14-16H2,1H3;1H/q+1;/p-1. The summed E-state index contributed by atoms with van der Waals surface area (Å²) in [6, 6.07) is 20.5. The molecule has 1 unspecified atom stereocenters. The Morgan fingerprint density at radius 3 is 2.41 bits per heavy atom. The highest BCUT2D eigenvalue weighted by molar-refractivity contribution is 6.04. The number of carbonyl (C=O) groups is 1. The van der Waals surface area contributed by atoms with E-state index in [1.807, 2.05) is 24.3 Å². The summed E-state index contributed by atoms with van der Waals surface area (Å²) in [7, 11) is 1.62. The molecule has 0 aliphatic heterocycles. The smallest absolute Gasteiger partial charge is 0.173 e. The van der Waals surface area contributed by atoms with Gasteiger partial charge in [-0.1, -0.05) is 42.5 Å². The Morgan fingerprint density at radius 1 is 0.963 bits per heavy atom. The number of pyridine rings is 1. The predicted octanol–water partition coefficient (Wildman–Crippen LogP) is 0.633. The highest BCUT2D eigenvalue weighted by Crippen LogP contribution is 2.34. The van der Waals surface area contributed by atoms with E-state index < -0.39 is 0 Å². The minimum absolute atomic E-state index is 0. The molecule has 0 amide bonds. The molecule has 1 aliphatic rings. The van der Waals surface area contributed by atoms with Crippen LogP contribution >= 0.6 is 0 Å². The van der Waals surface area contributed by atoms with Crippen LogP contribution in [0.4, 0.5) is 0 Å². The minimum atomic E-state index is 0. The van der Waals surface area contributed by atoms with Crippen molar-refractivity contribution in [2.75, 3.05) is 7.11 Å². The number of fused-ring (bicyclic) bond motifs is 1. The first-order valence-electron chi connectivity index (χ1n) is 8.96. The maximum Gasteiger partial charge on any atom is 0.173 e. The van der Waals surface area contributed by atoms with Crippen LogP contribution in [0.2, 0.25) is 0 Å². The van der Waals surface area contributed by atoms with Crippen LogP contribution in [0.5, 0.6) is 5.75 Å². The van der Waals surface area contributed by atoms with Crippen molar-refractivity contribution in [3.63, 3.8) is 0 Å². The lowest BCUT2D eigenvalue weighted by atomic mass is 9.96. The van der Waals surface area contributed by atoms with Crippen molar-refractivity contribution in [2.45, 2.75) is 19.4 Å². The fourth-order valence-corrected chi connectivity index (χ4v) is 3.73. The molecule has 3 aromatic rings. The Labute approximate surface area is 170 Å². The molecule has 0 radical (unpaired) electrons. The van der Waals surface area contributed by atoms with Crippen LogP contribution in [-0.2, 0) is 19.4 Å². The zero-order valence-electron chi connectivity index (χ0n) is 15.3. The number of aromatic nitrogens is 1. The molecule has 0 bridgehead atoms. The van der Waals surface area contributed by atoms with Gasteiger partial charge in [0.05, 0.1) is 12.7 Å². The summed E-state index contributed by atoms with van der Waals surface area (Å²) in [4.78, 5) is 12.8. The third-order valence-electron chi connectivity index (χ3n) is 5.07. The topological polar surface area (TPSA) is 30.2 Å². The largest absolute Gasteiger partial charge is 1.00 e. The molecule has 0 saturated heterocycles. The number of hydrogen-bond donors (Lipinski definition) is 0. The van der Waals surface area contributed by atoms with E-state index in [2.05, 4.69) is 53.4 Å². The van der Waals surface area contributed by atoms with Crippen molar-refractivity contribution < 1.29 is 31.1 Å². The first kappa shape index (κ1) is 19.3. The third-order valence-corrected chi connectivity index (χ3v) is 5.07. The summed E-state index contributed by atoms with van der Waals surface area (Å²) in [6.45, 7) is 0.853. The van der Waals surface area contributed by atoms with Crippen LogP contribution in [0.1, 0.15) is 27.0 Å². The summed E-state index contributed by atoms with van der Waals surface area (Å²) in [6.07, 6.45) is 5.75. The van der Waals surface area contributed by atoms with Crippen molar-refractivity contribution in [3.8, 4) is 5.75 Å². The Balaban J connectivity index is 0.00000210. The van der Waals surface area contributed by atoms with Gasteiger partial charge in [0.1, 0.15) is 5.75 Å². The average molecular weight is 424 g/mol. The van der Waals surface area contributed by atoms with Crippen LogP contribution in [0.3, 0.4) is 0 Å². The number of Topliss-reactive ketones (excluding diaryl/α,β-unsaturated/α-hetero) is 1. The molecule has 27 heavy (non-hydrogen) atoms. The van der Waals surface area contributed by atoms with Crippen LogP contribution in [-0.4, -0.2) is 12.9 Å². The van der Waals surface area contributed by atoms with Gasteiger partial charge in [-0.25, -0.2) is 4.57 Å². The highest BCUT2D eigenvalue weighted by atomic mass is 79.9. The van der Waals surface area contributed by atoms with Crippen LogP contribution in [0.15, 0.2) is 73.1 Å². The number of benzene rings is 2. The van der Waals surface area contributed by atoms with Crippen molar-refractivity contribution in [1.29, 1.82) is 0 Å². The molecule has 4 rings (SSSR count). The van der Waals surface area contributed by atoms with Crippen molar-refractivity contribution in [3.05, 3.63) is 95.3 Å². The summed E-state index contributed by atoms with van der Waals surface area (Å²) < 4.78 is 7.53. The number of rotatable bonds is 5. The molecular weight excluding hydrogens is 402 g/mol. The second kappa shape index (κ2) is 8.49. The number of carbonyl (C=O) groups excluding carboxylic acids is 1. The summed E-state index contributed by atoms with van der Waals surface area (Å²) in [5.41, 5.74) is 4.35. The van der Waals surface area contributed by atoms with Gasteiger partial charge in [-0.05, 0) is 30.0 Å². The van der Waals surface area contributed by atoms with Gasteiger partial charge in [0.25, 0.3) is 0 Å². The Bertz CT molecular complexity index is 923. The first-order valence-corrected chi connectivity index (χ1v) is 8.96. The number of hydrogen-bond acceptors (Lipinski definition) is 2. The Morgan fingerprint density at radius 2 is 1.70 bits per heavy atom. The third kappa shape index (κ3) is 4.11. The van der Waals surface area contributed by atoms with Crippen LogP contribution in [0.25, 0.3) is 0 Å².